The summed E-state index contributed by atoms with van der Waals surface area (Å²) in [5.74, 6) is -0.0804. The second kappa shape index (κ2) is 7.78. The molecule has 25 heavy (non-hydrogen) atoms. The highest BCUT2D eigenvalue weighted by atomic mass is 35.5. The molecule has 1 heterocycles. The van der Waals surface area contributed by atoms with E-state index >= 15 is 0 Å². The zero-order valence-electron chi connectivity index (χ0n) is 13.2. The maximum absolute atomic E-state index is 12.2. The molecule has 0 radical (unpaired) electrons. The fraction of sp³-hybridized carbons (Fsp3) is 0.235. The topological polar surface area (TPSA) is 75.3 Å². The monoisotopic (exact) mass is 396 g/mol. The summed E-state index contributed by atoms with van der Waals surface area (Å²) >= 11 is 7.35. The molecule has 1 atom stereocenters. The summed E-state index contributed by atoms with van der Waals surface area (Å²) in [6.45, 7) is 0.344. The molecule has 0 aromatic heterocycles. The van der Waals surface area contributed by atoms with Gasteiger partial charge in [0.1, 0.15) is 0 Å². The quantitative estimate of drug-likeness (QED) is 0.735. The zero-order chi connectivity index (χ0) is 17.9. The van der Waals surface area contributed by atoms with Gasteiger partial charge in [0, 0.05) is 23.0 Å². The average molecular weight is 397 g/mol. The number of thioether (sulfide) groups is 1. The van der Waals surface area contributed by atoms with Crippen LogP contribution in [0.2, 0.25) is 5.02 Å². The molecule has 2 aromatic carbocycles. The SMILES string of the molecule is O=C(NCCNS(=O)(=O)c1cccc(Cl)c1)C1Cc2ccccc2S1. The molecule has 2 N–H and O–H groups in total. The summed E-state index contributed by atoms with van der Waals surface area (Å²) < 4.78 is 26.8. The maximum Gasteiger partial charge on any atom is 0.240 e. The van der Waals surface area contributed by atoms with Crippen LogP contribution in [0.3, 0.4) is 0 Å². The van der Waals surface area contributed by atoms with Crippen LogP contribution < -0.4 is 10.0 Å². The van der Waals surface area contributed by atoms with E-state index in [4.69, 9.17) is 11.6 Å². The predicted molar refractivity (Wildman–Crippen MR) is 99.4 cm³/mol. The Balaban J connectivity index is 1.47. The molecular weight excluding hydrogens is 380 g/mol. The fourth-order valence-corrected chi connectivity index (χ4v) is 5.08. The van der Waals surface area contributed by atoms with Gasteiger partial charge in [-0.15, -0.1) is 11.8 Å². The normalized spacial score (nSPS) is 16.4. The molecule has 8 heteroatoms. The largest absolute Gasteiger partial charge is 0.354 e. The first-order chi connectivity index (χ1) is 12.0. The average Bonchev–Trinajstić information content (AvgIpc) is 3.03. The van der Waals surface area contributed by atoms with Gasteiger partial charge in [0.15, 0.2) is 0 Å². The molecule has 0 spiro atoms. The molecule has 1 aliphatic rings. The van der Waals surface area contributed by atoms with E-state index in [-0.39, 0.29) is 29.1 Å². The molecule has 3 rings (SSSR count). The second-order valence-electron chi connectivity index (χ2n) is 5.56. The third-order valence-electron chi connectivity index (χ3n) is 3.76. The summed E-state index contributed by atoms with van der Waals surface area (Å²) in [4.78, 5) is 13.5. The summed E-state index contributed by atoms with van der Waals surface area (Å²) in [6.07, 6.45) is 0.695. The van der Waals surface area contributed by atoms with Crippen LogP contribution in [0.15, 0.2) is 58.3 Å². The number of carbonyl (C=O) groups is 1. The lowest BCUT2D eigenvalue weighted by atomic mass is 10.1. The van der Waals surface area contributed by atoms with Crippen LogP contribution >= 0.6 is 23.4 Å². The van der Waals surface area contributed by atoms with Gasteiger partial charge in [-0.1, -0.05) is 35.9 Å². The Hall–Kier alpha value is -1.54. The Labute approximate surface area is 156 Å². The van der Waals surface area contributed by atoms with Crippen molar-refractivity contribution in [3.63, 3.8) is 0 Å². The lowest BCUT2D eigenvalue weighted by Gasteiger charge is -2.11. The molecular formula is C17H17ClN2O3S2. The highest BCUT2D eigenvalue weighted by molar-refractivity contribution is 8.01. The van der Waals surface area contributed by atoms with E-state index < -0.39 is 10.0 Å². The van der Waals surface area contributed by atoms with Crippen LogP contribution in [0.25, 0.3) is 0 Å². The number of benzene rings is 2. The predicted octanol–water partition coefficient (Wildman–Crippen LogP) is 2.45. The molecule has 1 amide bonds. The van der Waals surface area contributed by atoms with Crippen molar-refractivity contribution in [2.45, 2.75) is 21.5 Å². The van der Waals surface area contributed by atoms with Crippen LogP contribution in [0.4, 0.5) is 0 Å². The van der Waals surface area contributed by atoms with E-state index in [9.17, 15) is 13.2 Å². The summed E-state index contributed by atoms with van der Waals surface area (Å²) in [5, 5.41) is 2.97. The minimum atomic E-state index is -3.63. The zero-order valence-corrected chi connectivity index (χ0v) is 15.6. The Morgan fingerprint density at radius 2 is 1.96 bits per heavy atom. The van der Waals surface area contributed by atoms with Crippen LogP contribution in [0, 0.1) is 0 Å². The number of hydrogen-bond donors (Lipinski definition) is 2. The van der Waals surface area contributed by atoms with Crippen LogP contribution in [-0.4, -0.2) is 32.7 Å². The number of halogens is 1. The van der Waals surface area contributed by atoms with Crippen molar-refractivity contribution >= 4 is 39.3 Å². The first-order valence-electron chi connectivity index (χ1n) is 7.73. The van der Waals surface area contributed by atoms with Gasteiger partial charge in [-0.3, -0.25) is 4.79 Å². The van der Waals surface area contributed by atoms with Gasteiger partial charge in [0.2, 0.25) is 15.9 Å². The van der Waals surface area contributed by atoms with E-state index in [0.29, 0.717) is 11.4 Å². The highest BCUT2D eigenvalue weighted by Gasteiger charge is 2.27. The van der Waals surface area contributed by atoms with Crippen molar-refractivity contribution < 1.29 is 13.2 Å². The third-order valence-corrected chi connectivity index (χ3v) is 6.77. The van der Waals surface area contributed by atoms with E-state index in [1.54, 1.807) is 23.9 Å². The number of hydrogen-bond acceptors (Lipinski definition) is 4. The molecule has 1 aliphatic heterocycles. The smallest absolute Gasteiger partial charge is 0.240 e. The number of nitrogens with one attached hydrogen (secondary N) is 2. The summed E-state index contributed by atoms with van der Waals surface area (Å²) in [5.41, 5.74) is 1.18. The van der Waals surface area contributed by atoms with Crippen molar-refractivity contribution in [3.05, 3.63) is 59.1 Å². The van der Waals surface area contributed by atoms with E-state index in [1.165, 1.54) is 17.7 Å². The molecule has 1 unspecified atom stereocenters. The number of amides is 1. The molecule has 0 aliphatic carbocycles. The highest BCUT2D eigenvalue weighted by Crippen LogP contribution is 2.36. The first-order valence-corrected chi connectivity index (χ1v) is 10.5. The maximum atomic E-state index is 12.2. The lowest BCUT2D eigenvalue weighted by molar-refractivity contribution is -0.120. The van der Waals surface area contributed by atoms with Gasteiger partial charge in [0.25, 0.3) is 0 Å². The molecule has 132 valence electrons. The molecule has 0 saturated heterocycles. The minimum Gasteiger partial charge on any atom is -0.354 e. The lowest BCUT2D eigenvalue weighted by Crippen LogP contribution is -2.38. The van der Waals surface area contributed by atoms with E-state index in [0.717, 1.165) is 4.90 Å². The summed E-state index contributed by atoms with van der Waals surface area (Å²) in [7, 11) is -3.63. The van der Waals surface area contributed by atoms with Gasteiger partial charge in [0.05, 0.1) is 10.1 Å². The Morgan fingerprint density at radius 3 is 2.72 bits per heavy atom. The molecule has 0 fully saturated rings. The van der Waals surface area contributed by atoms with Crippen molar-refractivity contribution in [1.29, 1.82) is 0 Å². The molecule has 0 saturated carbocycles. The van der Waals surface area contributed by atoms with Crippen molar-refractivity contribution in [2.75, 3.05) is 13.1 Å². The van der Waals surface area contributed by atoms with Gasteiger partial charge in [-0.05, 0) is 36.2 Å². The van der Waals surface area contributed by atoms with Gasteiger partial charge < -0.3 is 5.32 Å². The van der Waals surface area contributed by atoms with Gasteiger partial charge in [-0.2, -0.15) is 0 Å². The van der Waals surface area contributed by atoms with Crippen LogP contribution in [0.1, 0.15) is 5.56 Å². The number of sulfonamides is 1. The Morgan fingerprint density at radius 1 is 1.16 bits per heavy atom. The third kappa shape index (κ3) is 4.55. The van der Waals surface area contributed by atoms with Crippen molar-refractivity contribution in [2.24, 2.45) is 0 Å². The molecule has 2 aromatic rings. The molecule has 5 nitrogen and oxygen atoms in total. The van der Waals surface area contributed by atoms with Crippen molar-refractivity contribution in [3.8, 4) is 0 Å². The second-order valence-corrected chi connectivity index (χ2v) is 9.01. The van der Waals surface area contributed by atoms with E-state index in [1.807, 2.05) is 24.3 Å². The van der Waals surface area contributed by atoms with Crippen LogP contribution in [0.5, 0.6) is 0 Å². The number of fused-ring (bicyclic) bond motifs is 1. The summed E-state index contributed by atoms with van der Waals surface area (Å²) in [6, 6.07) is 14.0. The molecule has 0 bridgehead atoms. The van der Waals surface area contributed by atoms with Crippen LogP contribution in [-0.2, 0) is 21.2 Å². The Bertz CT molecular complexity index is 862. The minimum absolute atomic E-state index is 0.0804. The number of rotatable bonds is 6. The van der Waals surface area contributed by atoms with E-state index in [2.05, 4.69) is 10.0 Å². The first kappa shape index (κ1) is 18.3. The van der Waals surface area contributed by atoms with Gasteiger partial charge in [-0.25, -0.2) is 13.1 Å². The fourth-order valence-electron chi connectivity index (χ4n) is 2.53. The Kier molecular flexibility index (Phi) is 5.68. The number of carbonyl (C=O) groups excluding carboxylic acids is 1. The van der Waals surface area contributed by atoms with Gasteiger partial charge >= 0.3 is 0 Å². The standard InChI is InChI=1S/C17H17ClN2O3S2/c18-13-5-3-6-14(11-13)25(22,23)20-9-8-19-17(21)16-10-12-4-1-2-7-15(12)24-16/h1-7,11,16,20H,8-10H2,(H,19,21). The van der Waals surface area contributed by atoms with Crippen molar-refractivity contribution in [1.82, 2.24) is 10.0 Å².